The van der Waals surface area contributed by atoms with Crippen molar-refractivity contribution < 1.29 is 9.31 Å². The van der Waals surface area contributed by atoms with Gasteiger partial charge >= 0.3 is 5.69 Å². The second kappa shape index (κ2) is 6.57. The average molecular weight is 292 g/mol. The summed E-state index contributed by atoms with van der Waals surface area (Å²) in [5, 5.41) is 13.7. The Morgan fingerprint density at radius 2 is 2.14 bits per heavy atom. The van der Waals surface area contributed by atoms with Gasteiger partial charge in [0, 0.05) is 6.54 Å². The largest absolute Gasteiger partial charge is 0.364 e. The summed E-state index contributed by atoms with van der Waals surface area (Å²) in [5.41, 5.74) is 2.44. The molecule has 21 heavy (non-hydrogen) atoms. The molecular formula is C12H13FN6O2. The van der Waals surface area contributed by atoms with Crippen molar-refractivity contribution >= 4 is 17.5 Å². The summed E-state index contributed by atoms with van der Waals surface area (Å²) in [6.07, 6.45) is 1.41. The van der Waals surface area contributed by atoms with E-state index >= 15 is 0 Å². The fraction of sp³-hybridized carbons (Fsp3) is 0.167. The van der Waals surface area contributed by atoms with Crippen LogP contribution in [0.2, 0.25) is 0 Å². The number of benzene rings is 1. The number of hydrazine groups is 1. The number of nitro groups is 1. The molecule has 1 aromatic heterocycles. The van der Waals surface area contributed by atoms with Gasteiger partial charge < -0.3 is 5.32 Å². The number of hydrogen-bond acceptors (Lipinski definition) is 7. The van der Waals surface area contributed by atoms with Gasteiger partial charge in [0.15, 0.2) is 0 Å². The zero-order chi connectivity index (χ0) is 15.2. The Balaban J connectivity index is 2.08. The van der Waals surface area contributed by atoms with Crippen molar-refractivity contribution in [1.29, 1.82) is 0 Å². The van der Waals surface area contributed by atoms with Crippen LogP contribution in [0, 0.1) is 15.9 Å². The van der Waals surface area contributed by atoms with Crippen molar-refractivity contribution in [1.82, 2.24) is 9.97 Å². The lowest BCUT2D eigenvalue weighted by Gasteiger charge is -2.08. The maximum Gasteiger partial charge on any atom is 0.329 e. The summed E-state index contributed by atoms with van der Waals surface area (Å²) >= 11 is 0. The van der Waals surface area contributed by atoms with Gasteiger partial charge in [0.2, 0.25) is 11.8 Å². The van der Waals surface area contributed by atoms with Crippen LogP contribution in [0.15, 0.2) is 30.5 Å². The van der Waals surface area contributed by atoms with E-state index in [1.165, 1.54) is 6.07 Å². The molecule has 0 aliphatic rings. The van der Waals surface area contributed by atoms with Gasteiger partial charge in [-0.05, 0) is 18.1 Å². The van der Waals surface area contributed by atoms with Crippen LogP contribution in [0.1, 0.15) is 5.56 Å². The lowest BCUT2D eigenvalue weighted by atomic mass is 10.1. The molecule has 0 spiro atoms. The molecule has 0 radical (unpaired) electrons. The van der Waals surface area contributed by atoms with E-state index in [2.05, 4.69) is 20.7 Å². The second-order valence-electron chi connectivity index (χ2n) is 4.10. The third-order valence-electron chi connectivity index (χ3n) is 2.74. The van der Waals surface area contributed by atoms with Gasteiger partial charge in [0.25, 0.3) is 0 Å². The minimum atomic E-state index is -0.605. The number of halogens is 1. The highest BCUT2D eigenvalue weighted by Crippen LogP contribution is 2.21. The number of nitrogens with one attached hydrogen (secondary N) is 2. The topological polar surface area (TPSA) is 119 Å². The molecule has 110 valence electrons. The number of nitrogen functional groups attached to an aromatic ring is 1. The smallest absolute Gasteiger partial charge is 0.329 e. The van der Waals surface area contributed by atoms with Crippen LogP contribution in [-0.4, -0.2) is 21.4 Å². The van der Waals surface area contributed by atoms with Gasteiger partial charge in [0.05, 0.1) is 4.92 Å². The molecule has 9 heteroatoms. The Bertz CT molecular complexity index is 651. The number of nitrogens with two attached hydrogens (primary N) is 1. The Kier molecular flexibility index (Phi) is 4.57. The van der Waals surface area contributed by atoms with Crippen LogP contribution in [0.3, 0.4) is 0 Å². The summed E-state index contributed by atoms with van der Waals surface area (Å²) in [5.74, 6) is 4.92. The standard InChI is InChI=1S/C12H13FN6O2/c13-9-4-2-1-3-8(9)5-6-15-11-10(19(20)21)7-16-12(17-11)18-14/h1-4,7H,5-6,14H2,(H2,15,16,17,18). The predicted octanol–water partition coefficient (Wildman–Crippen LogP) is 1.46. The molecule has 0 aliphatic heterocycles. The van der Waals surface area contributed by atoms with E-state index in [0.717, 1.165) is 6.20 Å². The molecule has 8 nitrogen and oxygen atoms in total. The van der Waals surface area contributed by atoms with Gasteiger partial charge in [-0.1, -0.05) is 18.2 Å². The van der Waals surface area contributed by atoms with Crippen LogP contribution in [0.5, 0.6) is 0 Å². The average Bonchev–Trinajstić information content (AvgIpc) is 2.48. The molecule has 0 aliphatic carbocycles. The molecule has 0 saturated carbocycles. The highest BCUT2D eigenvalue weighted by molar-refractivity contribution is 5.56. The first-order chi connectivity index (χ1) is 10.1. The van der Waals surface area contributed by atoms with E-state index in [1.807, 2.05) is 0 Å². The van der Waals surface area contributed by atoms with Gasteiger partial charge in [-0.15, -0.1) is 0 Å². The van der Waals surface area contributed by atoms with Crippen LogP contribution in [0.25, 0.3) is 0 Å². The van der Waals surface area contributed by atoms with Crippen molar-refractivity contribution in [2.45, 2.75) is 6.42 Å². The first-order valence-corrected chi connectivity index (χ1v) is 6.07. The molecule has 2 rings (SSSR count). The quantitative estimate of drug-likeness (QED) is 0.419. The summed E-state index contributed by atoms with van der Waals surface area (Å²) in [4.78, 5) is 17.8. The zero-order valence-corrected chi connectivity index (χ0v) is 10.9. The molecule has 1 aromatic carbocycles. The maximum atomic E-state index is 13.5. The maximum absolute atomic E-state index is 13.5. The van der Waals surface area contributed by atoms with E-state index in [9.17, 15) is 14.5 Å². The molecule has 1 heterocycles. The molecule has 0 saturated heterocycles. The Hall–Kier alpha value is -2.81. The monoisotopic (exact) mass is 292 g/mol. The third kappa shape index (κ3) is 3.60. The van der Waals surface area contributed by atoms with Crippen molar-refractivity contribution in [3.05, 3.63) is 52.0 Å². The van der Waals surface area contributed by atoms with Crippen molar-refractivity contribution in [2.24, 2.45) is 5.84 Å². The summed E-state index contributed by atoms with van der Waals surface area (Å²) in [6.45, 7) is 0.281. The molecule has 0 unspecified atom stereocenters. The van der Waals surface area contributed by atoms with Crippen LogP contribution >= 0.6 is 0 Å². The first-order valence-electron chi connectivity index (χ1n) is 6.07. The Labute approximate surface area is 119 Å². The van der Waals surface area contributed by atoms with Gasteiger partial charge in [-0.25, -0.2) is 15.2 Å². The minimum absolute atomic E-state index is 0.0271. The van der Waals surface area contributed by atoms with Crippen molar-refractivity contribution in [3.63, 3.8) is 0 Å². The lowest BCUT2D eigenvalue weighted by Crippen LogP contribution is -2.14. The number of anilines is 2. The van der Waals surface area contributed by atoms with E-state index < -0.39 is 4.92 Å². The molecule has 0 fully saturated rings. The summed E-state index contributed by atoms with van der Waals surface area (Å²) in [6, 6.07) is 6.33. The van der Waals surface area contributed by atoms with Crippen molar-refractivity contribution in [2.75, 3.05) is 17.3 Å². The van der Waals surface area contributed by atoms with E-state index in [4.69, 9.17) is 5.84 Å². The van der Waals surface area contributed by atoms with Gasteiger partial charge in [-0.3, -0.25) is 15.5 Å². The molecule has 0 amide bonds. The van der Waals surface area contributed by atoms with Crippen LogP contribution in [0.4, 0.5) is 21.8 Å². The Morgan fingerprint density at radius 1 is 1.38 bits per heavy atom. The molecule has 0 atom stereocenters. The van der Waals surface area contributed by atoms with Gasteiger partial charge in [0.1, 0.15) is 12.0 Å². The number of rotatable bonds is 6. The molecule has 4 N–H and O–H groups in total. The minimum Gasteiger partial charge on any atom is -0.364 e. The van der Waals surface area contributed by atoms with E-state index in [1.54, 1.807) is 18.2 Å². The number of nitrogens with zero attached hydrogens (tertiary/aromatic N) is 3. The highest BCUT2D eigenvalue weighted by Gasteiger charge is 2.16. The Morgan fingerprint density at radius 3 is 2.81 bits per heavy atom. The lowest BCUT2D eigenvalue weighted by molar-refractivity contribution is -0.384. The summed E-state index contributed by atoms with van der Waals surface area (Å²) in [7, 11) is 0. The molecular weight excluding hydrogens is 279 g/mol. The first kappa shape index (κ1) is 14.6. The molecule has 2 aromatic rings. The summed E-state index contributed by atoms with van der Waals surface area (Å²) < 4.78 is 13.5. The van der Waals surface area contributed by atoms with E-state index in [-0.39, 0.29) is 29.8 Å². The highest BCUT2D eigenvalue weighted by atomic mass is 19.1. The number of hydrogen-bond donors (Lipinski definition) is 3. The zero-order valence-electron chi connectivity index (χ0n) is 10.9. The SMILES string of the molecule is NNc1ncc([N+](=O)[O-])c(NCCc2ccccc2F)n1. The van der Waals surface area contributed by atoms with Gasteiger partial charge in [-0.2, -0.15) is 4.98 Å². The molecule has 0 bridgehead atoms. The van der Waals surface area contributed by atoms with Crippen LogP contribution < -0.4 is 16.6 Å². The fourth-order valence-corrected chi connectivity index (χ4v) is 1.73. The second-order valence-corrected chi connectivity index (χ2v) is 4.10. The van der Waals surface area contributed by atoms with E-state index in [0.29, 0.717) is 12.0 Å². The predicted molar refractivity (Wildman–Crippen MR) is 75.1 cm³/mol. The van der Waals surface area contributed by atoms with Crippen LogP contribution in [-0.2, 0) is 6.42 Å². The van der Waals surface area contributed by atoms with Crippen molar-refractivity contribution in [3.8, 4) is 0 Å². The normalized spacial score (nSPS) is 10.2. The number of aromatic nitrogens is 2. The fourth-order valence-electron chi connectivity index (χ4n) is 1.73. The third-order valence-corrected chi connectivity index (χ3v) is 2.74.